The Morgan fingerprint density at radius 3 is 2.63 bits per heavy atom. The van der Waals surface area contributed by atoms with E-state index in [9.17, 15) is 13.2 Å². The second kappa shape index (κ2) is 5.69. The molecule has 1 heterocycles. The van der Waals surface area contributed by atoms with E-state index in [4.69, 9.17) is 4.74 Å². The lowest BCUT2D eigenvalue weighted by Crippen LogP contribution is -2.27. The van der Waals surface area contributed by atoms with Crippen LogP contribution in [0.3, 0.4) is 0 Å². The summed E-state index contributed by atoms with van der Waals surface area (Å²) in [5.74, 6) is 0.365. The quantitative estimate of drug-likeness (QED) is 0.917. The van der Waals surface area contributed by atoms with Gasteiger partial charge in [0.15, 0.2) is 0 Å². The molecule has 1 aliphatic rings. The van der Waals surface area contributed by atoms with Crippen molar-refractivity contribution in [2.75, 3.05) is 13.7 Å². The van der Waals surface area contributed by atoms with Gasteiger partial charge in [0.2, 0.25) is 0 Å². The smallest absolute Gasteiger partial charge is 0.496 e. The lowest BCUT2D eigenvalue weighted by atomic mass is 9.96. The van der Waals surface area contributed by atoms with Crippen LogP contribution in [-0.4, -0.2) is 20.0 Å². The first-order valence-electron chi connectivity index (χ1n) is 6.16. The Balaban J connectivity index is 2.25. The van der Waals surface area contributed by atoms with Crippen LogP contribution in [0.25, 0.3) is 0 Å². The van der Waals surface area contributed by atoms with Crippen molar-refractivity contribution in [3.63, 3.8) is 0 Å². The third kappa shape index (κ3) is 3.76. The number of hydrogen-bond donors (Lipinski definition) is 1. The molecule has 1 fully saturated rings. The van der Waals surface area contributed by atoms with E-state index >= 15 is 0 Å². The lowest BCUT2D eigenvalue weighted by molar-refractivity contribution is -0.274. The molecule has 1 aliphatic heterocycles. The molecule has 0 saturated carbocycles. The Hall–Kier alpha value is -1.43. The highest BCUT2D eigenvalue weighted by Crippen LogP contribution is 2.34. The average molecular weight is 275 g/mol. The first-order valence-corrected chi connectivity index (χ1v) is 6.16. The summed E-state index contributed by atoms with van der Waals surface area (Å²) in [6.07, 6.45) is -1.67. The highest BCUT2D eigenvalue weighted by atomic mass is 19.4. The summed E-state index contributed by atoms with van der Waals surface area (Å²) in [4.78, 5) is 0. The van der Waals surface area contributed by atoms with Gasteiger partial charge < -0.3 is 14.8 Å². The van der Waals surface area contributed by atoms with Crippen molar-refractivity contribution in [3.8, 4) is 11.5 Å². The molecule has 2 rings (SSSR count). The molecule has 1 aromatic rings. The van der Waals surface area contributed by atoms with Crippen LogP contribution in [0, 0.1) is 0 Å². The predicted octanol–water partition coefficient (Wildman–Crippen LogP) is 3.41. The highest BCUT2D eigenvalue weighted by molar-refractivity contribution is 5.42. The van der Waals surface area contributed by atoms with Crippen LogP contribution in [0.15, 0.2) is 18.2 Å². The van der Waals surface area contributed by atoms with Crippen molar-refractivity contribution < 1.29 is 22.6 Å². The molecular weight excluding hydrogens is 259 g/mol. The summed E-state index contributed by atoms with van der Waals surface area (Å²) in [6.45, 7) is 0.859. The van der Waals surface area contributed by atoms with Crippen LogP contribution in [0.5, 0.6) is 11.5 Å². The summed E-state index contributed by atoms with van der Waals surface area (Å²) in [7, 11) is 1.51. The largest absolute Gasteiger partial charge is 0.573 e. The first-order chi connectivity index (χ1) is 8.99. The van der Waals surface area contributed by atoms with Gasteiger partial charge in [-0.25, -0.2) is 0 Å². The molecule has 6 heteroatoms. The second-order valence-corrected chi connectivity index (χ2v) is 4.45. The van der Waals surface area contributed by atoms with E-state index in [2.05, 4.69) is 10.1 Å². The summed E-state index contributed by atoms with van der Waals surface area (Å²) in [5.41, 5.74) is 0.712. The van der Waals surface area contributed by atoms with Crippen LogP contribution in [0.4, 0.5) is 13.2 Å². The van der Waals surface area contributed by atoms with Crippen LogP contribution < -0.4 is 14.8 Å². The molecule has 0 amide bonds. The molecule has 106 valence electrons. The molecule has 0 spiro atoms. The van der Waals surface area contributed by atoms with Crippen LogP contribution >= 0.6 is 0 Å². The minimum absolute atomic E-state index is 0.0143. The van der Waals surface area contributed by atoms with E-state index in [1.807, 2.05) is 0 Å². The zero-order valence-electron chi connectivity index (χ0n) is 10.6. The number of halogens is 3. The zero-order chi connectivity index (χ0) is 13.9. The summed E-state index contributed by atoms with van der Waals surface area (Å²) >= 11 is 0. The molecule has 1 N–H and O–H groups in total. The van der Waals surface area contributed by atoms with Gasteiger partial charge in [-0.15, -0.1) is 13.2 Å². The molecule has 3 nitrogen and oxygen atoms in total. The van der Waals surface area contributed by atoms with Gasteiger partial charge >= 0.3 is 6.36 Å². The van der Waals surface area contributed by atoms with Crippen molar-refractivity contribution in [3.05, 3.63) is 23.8 Å². The van der Waals surface area contributed by atoms with Crippen molar-refractivity contribution in [1.82, 2.24) is 5.32 Å². The Morgan fingerprint density at radius 2 is 2.05 bits per heavy atom. The van der Waals surface area contributed by atoms with Gasteiger partial charge in [0.05, 0.1) is 7.11 Å². The van der Waals surface area contributed by atoms with E-state index in [1.165, 1.54) is 25.3 Å². The van der Waals surface area contributed by atoms with E-state index in [0.717, 1.165) is 25.8 Å². The SMILES string of the molecule is COc1ccc(OC(F)(F)F)cc1[C@@H]1CCCCN1. The number of nitrogens with one attached hydrogen (secondary N) is 1. The molecule has 1 aromatic carbocycles. The topological polar surface area (TPSA) is 30.5 Å². The number of piperidine rings is 1. The molecular formula is C13H16F3NO2. The Labute approximate surface area is 109 Å². The molecule has 1 saturated heterocycles. The maximum absolute atomic E-state index is 12.2. The van der Waals surface area contributed by atoms with E-state index < -0.39 is 6.36 Å². The summed E-state index contributed by atoms with van der Waals surface area (Å²) in [5, 5.41) is 3.28. The molecule has 0 aliphatic carbocycles. The predicted molar refractivity (Wildman–Crippen MR) is 64.3 cm³/mol. The number of hydrogen-bond acceptors (Lipinski definition) is 3. The van der Waals surface area contributed by atoms with Crippen molar-refractivity contribution >= 4 is 0 Å². The van der Waals surface area contributed by atoms with Crippen molar-refractivity contribution in [2.24, 2.45) is 0 Å². The van der Waals surface area contributed by atoms with Crippen LogP contribution in [0.1, 0.15) is 30.9 Å². The number of benzene rings is 1. The normalized spacial score (nSPS) is 20.1. The summed E-state index contributed by atoms with van der Waals surface area (Å²) < 4.78 is 45.8. The molecule has 0 bridgehead atoms. The van der Waals surface area contributed by atoms with Gasteiger partial charge in [-0.05, 0) is 37.6 Å². The van der Waals surface area contributed by atoms with Gasteiger partial charge in [-0.1, -0.05) is 6.42 Å². The number of alkyl halides is 3. The Bertz CT molecular complexity index is 428. The minimum atomic E-state index is -4.67. The molecule has 0 radical (unpaired) electrons. The average Bonchev–Trinajstić information content (AvgIpc) is 2.38. The van der Waals surface area contributed by atoms with Gasteiger partial charge in [0.1, 0.15) is 11.5 Å². The first kappa shape index (κ1) is 14.0. The fourth-order valence-corrected chi connectivity index (χ4v) is 2.30. The third-order valence-corrected chi connectivity index (χ3v) is 3.12. The lowest BCUT2D eigenvalue weighted by Gasteiger charge is -2.25. The highest BCUT2D eigenvalue weighted by Gasteiger charge is 2.31. The van der Waals surface area contributed by atoms with Gasteiger partial charge in [0.25, 0.3) is 0 Å². The van der Waals surface area contributed by atoms with Crippen LogP contribution in [0.2, 0.25) is 0 Å². The molecule has 1 atom stereocenters. The molecule has 0 unspecified atom stereocenters. The molecule has 19 heavy (non-hydrogen) atoms. The fourth-order valence-electron chi connectivity index (χ4n) is 2.30. The third-order valence-electron chi connectivity index (χ3n) is 3.12. The fraction of sp³-hybridized carbons (Fsp3) is 0.538. The Morgan fingerprint density at radius 1 is 1.26 bits per heavy atom. The van der Waals surface area contributed by atoms with Crippen molar-refractivity contribution in [1.29, 1.82) is 0 Å². The van der Waals surface area contributed by atoms with Crippen LogP contribution in [-0.2, 0) is 0 Å². The van der Waals surface area contributed by atoms with Gasteiger partial charge in [0, 0.05) is 11.6 Å². The molecule has 0 aromatic heterocycles. The van der Waals surface area contributed by atoms with E-state index in [0.29, 0.717) is 11.3 Å². The van der Waals surface area contributed by atoms with E-state index in [1.54, 1.807) is 0 Å². The maximum atomic E-state index is 12.2. The zero-order valence-corrected chi connectivity index (χ0v) is 10.6. The van der Waals surface area contributed by atoms with Gasteiger partial charge in [-0.2, -0.15) is 0 Å². The standard InChI is InChI=1S/C13H16F3NO2/c1-18-12-6-5-9(19-13(14,15)16)8-10(12)11-4-2-3-7-17-11/h5-6,8,11,17H,2-4,7H2,1H3/t11-/m0/s1. The summed E-state index contributed by atoms with van der Waals surface area (Å²) in [6, 6.07) is 4.18. The number of methoxy groups -OCH3 is 1. The van der Waals surface area contributed by atoms with Crippen molar-refractivity contribution in [2.45, 2.75) is 31.7 Å². The van der Waals surface area contributed by atoms with Gasteiger partial charge in [-0.3, -0.25) is 0 Å². The number of ether oxygens (including phenoxy) is 2. The number of rotatable bonds is 3. The minimum Gasteiger partial charge on any atom is -0.496 e. The monoisotopic (exact) mass is 275 g/mol. The Kier molecular flexibility index (Phi) is 4.19. The second-order valence-electron chi connectivity index (χ2n) is 4.45. The van der Waals surface area contributed by atoms with E-state index in [-0.39, 0.29) is 11.8 Å². The maximum Gasteiger partial charge on any atom is 0.573 e.